The highest BCUT2D eigenvalue weighted by atomic mass is 16.6. The summed E-state index contributed by atoms with van der Waals surface area (Å²) in [4.78, 5) is 37.7. The monoisotopic (exact) mass is 877 g/mol. The van der Waals surface area contributed by atoms with E-state index in [1.165, 1.54) is 193 Å². The van der Waals surface area contributed by atoms with Crippen LogP contribution in [0.25, 0.3) is 0 Å². The van der Waals surface area contributed by atoms with E-state index < -0.39 is 6.10 Å². The Kier molecular flexibility index (Phi) is 47.6. The molecule has 0 radical (unpaired) electrons. The zero-order chi connectivity index (χ0) is 45.4. The Bertz CT molecular complexity index is 947. The van der Waals surface area contributed by atoms with E-state index in [4.69, 9.17) is 14.2 Å². The number of hydrogen-bond acceptors (Lipinski definition) is 6. The first kappa shape index (κ1) is 60.4. The normalized spacial score (nSPS) is 12.0. The first-order valence-corrected chi connectivity index (χ1v) is 27.7. The Morgan fingerprint density at radius 1 is 0.306 bits per heavy atom. The molecule has 0 bridgehead atoms. The third kappa shape index (κ3) is 49.4. The fourth-order valence-corrected chi connectivity index (χ4v) is 8.52. The van der Waals surface area contributed by atoms with Crippen molar-refractivity contribution >= 4 is 17.9 Å². The van der Waals surface area contributed by atoms with Crippen molar-refractivity contribution in [2.24, 2.45) is 11.8 Å². The molecule has 0 aliphatic heterocycles. The molecule has 0 heterocycles. The Hall–Kier alpha value is -1.59. The van der Waals surface area contributed by atoms with Crippen LogP contribution >= 0.6 is 0 Å². The predicted octanol–water partition coefficient (Wildman–Crippen LogP) is 18.1. The van der Waals surface area contributed by atoms with E-state index in [0.29, 0.717) is 19.3 Å². The molecule has 0 aliphatic carbocycles. The molecule has 62 heavy (non-hydrogen) atoms. The predicted molar refractivity (Wildman–Crippen MR) is 266 cm³/mol. The molecule has 0 aliphatic rings. The van der Waals surface area contributed by atoms with Gasteiger partial charge in [0.25, 0.3) is 0 Å². The summed E-state index contributed by atoms with van der Waals surface area (Å²) in [5.74, 6) is 0.850. The largest absolute Gasteiger partial charge is 0.462 e. The highest BCUT2D eigenvalue weighted by molar-refractivity contribution is 5.71. The Morgan fingerprint density at radius 3 is 0.790 bits per heavy atom. The van der Waals surface area contributed by atoms with Crippen molar-refractivity contribution in [2.75, 3.05) is 13.2 Å². The van der Waals surface area contributed by atoms with Crippen molar-refractivity contribution in [1.29, 1.82) is 0 Å². The van der Waals surface area contributed by atoms with Crippen LogP contribution in [-0.2, 0) is 28.6 Å². The summed E-state index contributed by atoms with van der Waals surface area (Å²) in [7, 11) is 0. The van der Waals surface area contributed by atoms with Crippen LogP contribution in [0.3, 0.4) is 0 Å². The smallest absolute Gasteiger partial charge is 0.306 e. The number of rotatable bonds is 50. The highest BCUT2D eigenvalue weighted by Crippen LogP contribution is 2.18. The van der Waals surface area contributed by atoms with Crippen molar-refractivity contribution in [3.8, 4) is 0 Å². The topological polar surface area (TPSA) is 78.9 Å². The number of esters is 3. The van der Waals surface area contributed by atoms with Gasteiger partial charge in [-0.25, -0.2) is 0 Å². The molecule has 0 saturated carbocycles. The zero-order valence-electron chi connectivity index (χ0n) is 42.5. The summed E-state index contributed by atoms with van der Waals surface area (Å²) in [5.41, 5.74) is 0. The van der Waals surface area contributed by atoms with E-state index in [9.17, 15) is 14.4 Å². The lowest BCUT2D eigenvalue weighted by Crippen LogP contribution is -2.30. The lowest BCUT2D eigenvalue weighted by atomic mass is 10.0. The van der Waals surface area contributed by atoms with Crippen molar-refractivity contribution in [1.82, 2.24) is 0 Å². The molecular weight excluding hydrogens is 769 g/mol. The number of hydrogen-bond donors (Lipinski definition) is 0. The summed E-state index contributed by atoms with van der Waals surface area (Å²) < 4.78 is 16.7. The van der Waals surface area contributed by atoms with Crippen LogP contribution in [-0.4, -0.2) is 37.2 Å². The van der Waals surface area contributed by atoms with Gasteiger partial charge in [0.2, 0.25) is 0 Å². The molecule has 0 rings (SSSR count). The van der Waals surface area contributed by atoms with Gasteiger partial charge < -0.3 is 14.2 Å². The van der Waals surface area contributed by atoms with Gasteiger partial charge in [-0.15, -0.1) is 0 Å². The van der Waals surface area contributed by atoms with Gasteiger partial charge in [-0.1, -0.05) is 272 Å². The molecule has 0 N–H and O–H groups in total. The van der Waals surface area contributed by atoms with Crippen molar-refractivity contribution in [3.05, 3.63) is 0 Å². The van der Waals surface area contributed by atoms with Gasteiger partial charge in [0.1, 0.15) is 13.2 Å². The van der Waals surface area contributed by atoms with Crippen LogP contribution in [0.15, 0.2) is 0 Å². The van der Waals surface area contributed by atoms with Crippen molar-refractivity contribution < 1.29 is 28.6 Å². The number of carbonyl (C=O) groups is 3. The van der Waals surface area contributed by atoms with Crippen LogP contribution in [0, 0.1) is 11.8 Å². The SMILES string of the molecule is CCCCCCCC(=O)OC[C@H](COC(=O)CCCCCCCCCCCCCCCCCC(C)C)OC(=O)CCCCCCCCCCCCCCCCCCCCC(C)C. The standard InChI is InChI=1S/C56H108O6/c1-6-7-8-34-41-46-54(57)60-49-53(50-61-55(58)47-42-37-32-28-24-20-17-13-15-19-23-27-31-36-40-45-52(4)5)62-56(59)48-43-38-33-29-25-21-16-12-10-9-11-14-18-22-26-30-35-39-44-51(2)3/h51-53H,6-50H2,1-5H3/t53-/m1/s1. The van der Waals surface area contributed by atoms with Crippen molar-refractivity contribution in [2.45, 2.75) is 317 Å². The fraction of sp³-hybridized carbons (Fsp3) is 0.946. The molecule has 0 fully saturated rings. The van der Waals surface area contributed by atoms with Crippen LogP contribution in [0.1, 0.15) is 311 Å². The third-order valence-electron chi connectivity index (χ3n) is 12.7. The van der Waals surface area contributed by atoms with E-state index in [-0.39, 0.29) is 31.1 Å². The molecule has 0 saturated heterocycles. The minimum atomic E-state index is -0.760. The number of ether oxygens (including phenoxy) is 3. The Labute approximate surface area is 387 Å². The molecule has 0 aromatic rings. The van der Waals surface area contributed by atoms with Gasteiger partial charge in [0.05, 0.1) is 0 Å². The lowest BCUT2D eigenvalue weighted by molar-refractivity contribution is -0.167. The van der Waals surface area contributed by atoms with Crippen LogP contribution in [0.2, 0.25) is 0 Å². The van der Waals surface area contributed by atoms with Crippen LogP contribution in [0.4, 0.5) is 0 Å². The Morgan fingerprint density at radius 2 is 0.532 bits per heavy atom. The minimum absolute atomic E-state index is 0.0641. The molecule has 0 aromatic carbocycles. The molecular formula is C56H108O6. The van der Waals surface area contributed by atoms with Gasteiger partial charge in [-0.05, 0) is 31.1 Å². The van der Waals surface area contributed by atoms with Gasteiger partial charge in [0, 0.05) is 19.3 Å². The molecule has 368 valence electrons. The second kappa shape index (κ2) is 48.9. The number of unbranched alkanes of at least 4 members (excludes halogenated alkanes) is 35. The first-order valence-electron chi connectivity index (χ1n) is 27.7. The van der Waals surface area contributed by atoms with Crippen LogP contribution < -0.4 is 0 Å². The van der Waals surface area contributed by atoms with E-state index >= 15 is 0 Å². The number of carbonyl (C=O) groups excluding carboxylic acids is 3. The third-order valence-corrected chi connectivity index (χ3v) is 12.7. The minimum Gasteiger partial charge on any atom is -0.462 e. The second-order valence-corrected chi connectivity index (χ2v) is 20.2. The zero-order valence-corrected chi connectivity index (χ0v) is 42.5. The molecule has 0 spiro atoms. The van der Waals surface area contributed by atoms with E-state index in [2.05, 4.69) is 34.6 Å². The quantitative estimate of drug-likeness (QED) is 0.0344. The molecule has 0 unspecified atom stereocenters. The summed E-state index contributed by atoms with van der Waals surface area (Å²) in [6.45, 7) is 11.3. The lowest BCUT2D eigenvalue weighted by Gasteiger charge is -2.18. The average molecular weight is 877 g/mol. The maximum atomic E-state index is 12.8. The summed E-state index contributed by atoms with van der Waals surface area (Å²) in [5, 5.41) is 0. The molecule has 0 amide bonds. The maximum Gasteiger partial charge on any atom is 0.306 e. The summed E-state index contributed by atoms with van der Waals surface area (Å²) in [6, 6.07) is 0. The Balaban J connectivity index is 4.05. The van der Waals surface area contributed by atoms with Crippen molar-refractivity contribution in [3.63, 3.8) is 0 Å². The van der Waals surface area contributed by atoms with E-state index in [1.54, 1.807) is 0 Å². The van der Waals surface area contributed by atoms with Gasteiger partial charge in [-0.2, -0.15) is 0 Å². The fourth-order valence-electron chi connectivity index (χ4n) is 8.52. The van der Waals surface area contributed by atoms with E-state index in [1.807, 2.05) is 0 Å². The summed E-state index contributed by atoms with van der Waals surface area (Å²) >= 11 is 0. The van der Waals surface area contributed by atoms with Gasteiger partial charge in [0.15, 0.2) is 6.10 Å². The van der Waals surface area contributed by atoms with Gasteiger partial charge in [-0.3, -0.25) is 14.4 Å². The maximum absolute atomic E-state index is 12.8. The highest BCUT2D eigenvalue weighted by Gasteiger charge is 2.19. The molecule has 6 heteroatoms. The van der Waals surface area contributed by atoms with E-state index in [0.717, 1.165) is 76.0 Å². The second-order valence-electron chi connectivity index (χ2n) is 20.2. The molecule has 0 aromatic heterocycles. The average Bonchev–Trinajstić information content (AvgIpc) is 3.24. The molecule has 1 atom stereocenters. The molecule has 6 nitrogen and oxygen atoms in total. The van der Waals surface area contributed by atoms with Gasteiger partial charge >= 0.3 is 17.9 Å². The summed E-state index contributed by atoms with van der Waals surface area (Å²) in [6.07, 6.45) is 51.3. The van der Waals surface area contributed by atoms with Crippen LogP contribution in [0.5, 0.6) is 0 Å². The first-order chi connectivity index (χ1) is 30.2.